The minimum absolute atomic E-state index is 0.0747. The predicted molar refractivity (Wildman–Crippen MR) is 107 cm³/mol. The lowest BCUT2D eigenvalue weighted by Gasteiger charge is -2.26. The van der Waals surface area contributed by atoms with Crippen molar-refractivity contribution in [2.24, 2.45) is 5.92 Å². The Labute approximate surface area is 161 Å². The van der Waals surface area contributed by atoms with E-state index in [4.69, 9.17) is 4.98 Å². The summed E-state index contributed by atoms with van der Waals surface area (Å²) in [6.07, 6.45) is 6.52. The van der Waals surface area contributed by atoms with Crippen molar-refractivity contribution in [3.05, 3.63) is 77.1 Å². The quantitative estimate of drug-likeness (QED) is 0.643. The van der Waals surface area contributed by atoms with Crippen molar-refractivity contribution in [3.63, 3.8) is 0 Å². The number of carbonyl (C=O) groups excluding carboxylic acids is 1. The molecule has 2 atom stereocenters. The van der Waals surface area contributed by atoms with Gasteiger partial charge in [-0.25, -0.2) is 9.37 Å². The van der Waals surface area contributed by atoms with Crippen molar-refractivity contribution in [1.29, 1.82) is 0 Å². The number of hydrogen-bond acceptors (Lipinski definition) is 3. The zero-order valence-electron chi connectivity index (χ0n) is 14.9. The van der Waals surface area contributed by atoms with E-state index in [1.807, 2.05) is 18.2 Å². The highest BCUT2D eigenvalue weighted by Gasteiger charge is 2.32. The number of fused-ring (bicyclic) bond motifs is 1. The van der Waals surface area contributed by atoms with Gasteiger partial charge in [-0.15, -0.1) is 11.3 Å². The second kappa shape index (κ2) is 8.01. The van der Waals surface area contributed by atoms with Crippen LogP contribution in [0.25, 0.3) is 10.2 Å². The number of nitrogens with one attached hydrogen (secondary N) is 1. The molecule has 1 aliphatic rings. The van der Waals surface area contributed by atoms with Gasteiger partial charge in [0.15, 0.2) is 0 Å². The van der Waals surface area contributed by atoms with Crippen LogP contribution >= 0.6 is 11.3 Å². The van der Waals surface area contributed by atoms with E-state index in [2.05, 4.69) is 23.5 Å². The van der Waals surface area contributed by atoms with Gasteiger partial charge in [0.1, 0.15) is 5.82 Å². The number of hydrogen-bond donors (Lipinski definition) is 1. The molecule has 1 amide bonds. The summed E-state index contributed by atoms with van der Waals surface area (Å²) in [7, 11) is 0. The van der Waals surface area contributed by atoms with Crippen LogP contribution in [-0.4, -0.2) is 17.4 Å². The van der Waals surface area contributed by atoms with Crippen molar-refractivity contribution in [1.82, 2.24) is 10.3 Å². The first-order chi connectivity index (χ1) is 13.2. The maximum absolute atomic E-state index is 13.0. The summed E-state index contributed by atoms with van der Waals surface area (Å²) in [5.74, 6) is -0.136. The van der Waals surface area contributed by atoms with E-state index in [0.29, 0.717) is 13.0 Å². The number of nitrogens with zero attached hydrogens (tertiary/aromatic N) is 1. The molecule has 0 unspecified atom stereocenters. The van der Waals surface area contributed by atoms with E-state index in [1.165, 1.54) is 12.1 Å². The molecule has 138 valence electrons. The number of aromatic nitrogens is 1. The summed E-state index contributed by atoms with van der Waals surface area (Å²) in [4.78, 5) is 17.6. The number of para-hydroxylation sites is 1. The Morgan fingerprint density at radius 1 is 1.11 bits per heavy atom. The molecule has 1 aliphatic carbocycles. The maximum Gasteiger partial charge on any atom is 0.224 e. The summed E-state index contributed by atoms with van der Waals surface area (Å²) in [6, 6.07) is 14.5. The van der Waals surface area contributed by atoms with Crippen molar-refractivity contribution in [2.75, 3.05) is 6.54 Å². The molecule has 0 aliphatic heterocycles. The molecule has 1 N–H and O–H groups in total. The highest BCUT2D eigenvalue weighted by Crippen LogP contribution is 2.38. The lowest BCUT2D eigenvalue weighted by atomic mass is 9.82. The molecule has 2 aromatic carbocycles. The van der Waals surface area contributed by atoms with E-state index in [0.717, 1.165) is 33.6 Å². The van der Waals surface area contributed by atoms with Crippen LogP contribution in [0, 0.1) is 11.7 Å². The molecule has 3 aromatic rings. The summed E-state index contributed by atoms with van der Waals surface area (Å²) in [5, 5.41) is 4.10. The zero-order valence-corrected chi connectivity index (χ0v) is 15.7. The van der Waals surface area contributed by atoms with Crippen LogP contribution in [0.3, 0.4) is 0 Å². The average molecular weight is 380 g/mol. The van der Waals surface area contributed by atoms with Gasteiger partial charge in [-0.05, 0) is 49.1 Å². The summed E-state index contributed by atoms with van der Waals surface area (Å²) < 4.78 is 14.1. The van der Waals surface area contributed by atoms with Gasteiger partial charge in [0.2, 0.25) is 5.91 Å². The fourth-order valence-corrected chi connectivity index (χ4v) is 4.68. The van der Waals surface area contributed by atoms with Crippen LogP contribution in [0.4, 0.5) is 4.39 Å². The molecule has 0 spiro atoms. The Morgan fingerprint density at radius 3 is 2.70 bits per heavy atom. The van der Waals surface area contributed by atoms with Gasteiger partial charge in [-0.3, -0.25) is 4.79 Å². The fourth-order valence-electron chi connectivity index (χ4n) is 3.54. The van der Waals surface area contributed by atoms with Crippen LogP contribution in [0.1, 0.15) is 29.3 Å². The van der Waals surface area contributed by atoms with Gasteiger partial charge in [-0.2, -0.15) is 0 Å². The molecule has 0 bridgehead atoms. The molecule has 1 heterocycles. The average Bonchev–Trinajstić information content (AvgIpc) is 3.13. The van der Waals surface area contributed by atoms with Crippen molar-refractivity contribution < 1.29 is 9.18 Å². The lowest BCUT2D eigenvalue weighted by Crippen LogP contribution is -2.36. The van der Waals surface area contributed by atoms with Crippen LogP contribution in [0.5, 0.6) is 0 Å². The standard InChI is InChI=1S/C22H21FN2OS/c23-16-11-9-15(10-12-16)13-14-24-21(26)17-5-1-2-6-18(17)22-25-19-7-3-4-8-20(19)27-22/h1-4,7-12,17-18H,5-6,13-14H2,(H,24,26)/t17-,18+/m0/s1. The molecule has 5 heteroatoms. The molecule has 1 aromatic heterocycles. The molecule has 0 radical (unpaired) electrons. The SMILES string of the molecule is O=C(NCCc1ccc(F)cc1)[C@H]1CC=CC[C@H]1c1nc2ccccc2s1. The second-order valence-corrected chi connectivity index (χ2v) is 7.91. The number of thiazole rings is 1. The van der Waals surface area contributed by atoms with Crippen molar-refractivity contribution in [2.45, 2.75) is 25.2 Å². The molecule has 4 rings (SSSR count). The third-order valence-electron chi connectivity index (χ3n) is 5.02. The lowest BCUT2D eigenvalue weighted by molar-refractivity contribution is -0.125. The molecule has 0 saturated carbocycles. The van der Waals surface area contributed by atoms with Crippen molar-refractivity contribution >= 4 is 27.5 Å². The molecule has 0 fully saturated rings. The summed E-state index contributed by atoms with van der Waals surface area (Å²) in [5.41, 5.74) is 2.02. The highest BCUT2D eigenvalue weighted by atomic mass is 32.1. The van der Waals surface area contributed by atoms with Gasteiger partial charge in [0.25, 0.3) is 0 Å². The van der Waals surface area contributed by atoms with E-state index in [-0.39, 0.29) is 23.6 Å². The number of amides is 1. The Balaban J connectivity index is 1.43. The van der Waals surface area contributed by atoms with Crippen molar-refractivity contribution in [3.8, 4) is 0 Å². The molecule has 0 saturated heterocycles. The number of rotatable bonds is 5. The molecule has 3 nitrogen and oxygen atoms in total. The summed E-state index contributed by atoms with van der Waals surface area (Å²) >= 11 is 1.69. The number of benzene rings is 2. The normalized spacial score (nSPS) is 19.3. The topological polar surface area (TPSA) is 42.0 Å². The first-order valence-electron chi connectivity index (χ1n) is 9.23. The minimum Gasteiger partial charge on any atom is -0.356 e. The van der Waals surface area contributed by atoms with Gasteiger partial charge < -0.3 is 5.32 Å². The molecular weight excluding hydrogens is 359 g/mol. The van der Waals surface area contributed by atoms with Gasteiger partial charge >= 0.3 is 0 Å². The van der Waals surface area contributed by atoms with Crippen LogP contribution in [0.15, 0.2) is 60.7 Å². The van der Waals surface area contributed by atoms with E-state index in [1.54, 1.807) is 23.5 Å². The first-order valence-corrected chi connectivity index (χ1v) is 10.0. The zero-order chi connectivity index (χ0) is 18.6. The van der Waals surface area contributed by atoms with E-state index in [9.17, 15) is 9.18 Å². The van der Waals surface area contributed by atoms with Crippen LogP contribution in [-0.2, 0) is 11.2 Å². The van der Waals surface area contributed by atoms with Gasteiger partial charge in [0.05, 0.1) is 21.1 Å². The van der Waals surface area contributed by atoms with Crippen LogP contribution < -0.4 is 5.32 Å². The second-order valence-electron chi connectivity index (χ2n) is 6.84. The summed E-state index contributed by atoms with van der Waals surface area (Å²) in [6.45, 7) is 0.553. The number of allylic oxidation sites excluding steroid dienone is 2. The largest absolute Gasteiger partial charge is 0.356 e. The third kappa shape index (κ3) is 4.08. The van der Waals surface area contributed by atoms with Gasteiger partial charge in [0, 0.05) is 12.5 Å². The van der Waals surface area contributed by atoms with Crippen LogP contribution in [0.2, 0.25) is 0 Å². The molecule has 27 heavy (non-hydrogen) atoms. The first kappa shape index (κ1) is 17.9. The third-order valence-corrected chi connectivity index (χ3v) is 6.19. The minimum atomic E-state index is -0.240. The molecular formula is C22H21FN2OS. The maximum atomic E-state index is 13.0. The highest BCUT2D eigenvalue weighted by molar-refractivity contribution is 7.18. The fraction of sp³-hybridized carbons (Fsp3) is 0.273. The Kier molecular flexibility index (Phi) is 5.30. The van der Waals surface area contributed by atoms with Gasteiger partial charge in [-0.1, -0.05) is 36.4 Å². The smallest absolute Gasteiger partial charge is 0.224 e. The monoisotopic (exact) mass is 380 g/mol. The number of carbonyl (C=O) groups is 1. The van der Waals surface area contributed by atoms with E-state index >= 15 is 0 Å². The Morgan fingerprint density at radius 2 is 1.89 bits per heavy atom. The Hall–Kier alpha value is -2.53. The van der Waals surface area contributed by atoms with E-state index < -0.39 is 0 Å². The Bertz CT molecular complexity index is 931. The number of halogens is 1. The predicted octanol–water partition coefficient (Wildman–Crippen LogP) is 4.84.